The fourth-order valence-corrected chi connectivity index (χ4v) is 4.32. The Labute approximate surface area is 154 Å². The fraction of sp³-hybridized carbons (Fsp3) is 0.409. The molecule has 1 saturated heterocycles. The first-order chi connectivity index (χ1) is 12.6. The quantitative estimate of drug-likeness (QED) is 0.835. The van der Waals surface area contributed by atoms with Crippen LogP contribution in [-0.2, 0) is 0 Å². The van der Waals surface area contributed by atoms with Gasteiger partial charge in [0.25, 0.3) is 0 Å². The highest BCUT2D eigenvalue weighted by atomic mass is 16.5. The zero-order chi connectivity index (χ0) is 18.1. The van der Waals surface area contributed by atoms with E-state index in [1.807, 2.05) is 12.1 Å². The first-order valence-corrected chi connectivity index (χ1v) is 9.35. The fourth-order valence-electron chi connectivity index (χ4n) is 4.32. The molecule has 2 aromatic rings. The number of aromatic hydroxyl groups is 1. The van der Waals surface area contributed by atoms with E-state index in [2.05, 4.69) is 24.0 Å². The lowest BCUT2D eigenvalue weighted by atomic mass is 10.0. The van der Waals surface area contributed by atoms with E-state index in [4.69, 9.17) is 4.74 Å². The summed E-state index contributed by atoms with van der Waals surface area (Å²) >= 11 is 0. The molecule has 1 aliphatic carbocycles. The Balaban J connectivity index is 1.28. The molecule has 0 aromatic heterocycles. The van der Waals surface area contributed by atoms with Gasteiger partial charge in [-0.25, -0.2) is 0 Å². The van der Waals surface area contributed by atoms with Crippen LogP contribution < -0.4 is 4.74 Å². The molecule has 2 aliphatic rings. The van der Waals surface area contributed by atoms with Crippen molar-refractivity contribution in [3.05, 3.63) is 59.7 Å². The molecule has 4 nitrogen and oxygen atoms in total. The van der Waals surface area contributed by atoms with Gasteiger partial charge in [-0.1, -0.05) is 17.7 Å². The topological polar surface area (TPSA) is 49.8 Å². The van der Waals surface area contributed by atoms with Gasteiger partial charge >= 0.3 is 0 Å². The number of ether oxygens (including phenoxy) is 1. The Morgan fingerprint density at radius 3 is 2.27 bits per heavy atom. The monoisotopic (exact) mass is 351 g/mol. The van der Waals surface area contributed by atoms with Crippen molar-refractivity contribution >= 4 is 5.78 Å². The number of phenolic OH excluding ortho intramolecular Hbond substituents is 1. The molecule has 1 saturated carbocycles. The predicted octanol–water partition coefficient (Wildman–Crippen LogP) is 3.67. The molecule has 4 rings (SSSR count). The molecule has 0 unspecified atom stereocenters. The van der Waals surface area contributed by atoms with Gasteiger partial charge in [0, 0.05) is 18.7 Å². The zero-order valence-electron chi connectivity index (χ0n) is 15.1. The molecule has 0 radical (unpaired) electrons. The van der Waals surface area contributed by atoms with Crippen LogP contribution in [0.4, 0.5) is 0 Å². The standard InChI is InChI=1S/C22H25NO3/c1-15-2-8-20(9-3-15)26-21-10-17-12-23(13-18(17)11-21)14-22(25)16-4-6-19(24)7-5-16/h2-9,17-18,21,24H,10-14H2,1H3/t17-,18+,21+. The van der Waals surface area contributed by atoms with Crippen LogP contribution in [0.15, 0.2) is 48.5 Å². The Kier molecular flexibility index (Phi) is 4.68. The van der Waals surface area contributed by atoms with Gasteiger partial charge < -0.3 is 9.84 Å². The number of fused-ring (bicyclic) bond motifs is 1. The highest BCUT2D eigenvalue weighted by Gasteiger charge is 2.42. The second-order valence-electron chi connectivity index (χ2n) is 7.71. The molecular weight excluding hydrogens is 326 g/mol. The summed E-state index contributed by atoms with van der Waals surface area (Å²) in [7, 11) is 0. The molecule has 1 aliphatic heterocycles. The molecule has 2 fully saturated rings. The minimum absolute atomic E-state index is 0.123. The lowest BCUT2D eigenvalue weighted by Crippen LogP contribution is -2.30. The summed E-state index contributed by atoms with van der Waals surface area (Å²) in [6.07, 6.45) is 2.44. The van der Waals surface area contributed by atoms with Crippen molar-refractivity contribution in [3.63, 3.8) is 0 Å². The molecule has 4 heteroatoms. The number of Topliss-reactive ketones (excluding diaryl/α,β-unsaturated/α-hetero) is 1. The van der Waals surface area contributed by atoms with Crippen LogP contribution in [-0.4, -0.2) is 41.5 Å². The van der Waals surface area contributed by atoms with E-state index in [1.54, 1.807) is 24.3 Å². The summed E-state index contributed by atoms with van der Waals surface area (Å²) in [4.78, 5) is 14.7. The molecule has 0 amide bonds. The zero-order valence-corrected chi connectivity index (χ0v) is 15.1. The summed E-state index contributed by atoms with van der Waals surface area (Å²) in [6, 6.07) is 14.8. The molecule has 136 valence electrons. The minimum Gasteiger partial charge on any atom is -0.508 e. The number of ketones is 1. The van der Waals surface area contributed by atoms with Gasteiger partial charge in [-0.15, -0.1) is 0 Å². The van der Waals surface area contributed by atoms with E-state index in [0.29, 0.717) is 30.0 Å². The number of rotatable bonds is 5. The van der Waals surface area contributed by atoms with Crippen LogP contribution in [0, 0.1) is 18.8 Å². The van der Waals surface area contributed by atoms with Crippen LogP contribution in [0.25, 0.3) is 0 Å². The van der Waals surface area contributed by atoms with E-state index < -0.39 is 0 Å². The van der Waals surface area contributed by atoms with Crippen LogP contribution in [0.5, 0.6) is 11.5 Å². The highest BCUT2D eigenvalue weighted by molar-refractivity contribution is 5.97. The largest absolute Gasteiger partial charge is 0.508 e. The first kappa shape index (κ1) is 17.1. The molecule has 0 bridgehead atoms. The normalized spacial score (nSPS) is 25.2. The summed E-state index contributed by atoms with van der Waals surface area (Å²) in [5.74, 6) is 2.52. The smallest absolute Gasteiger partial charge is 0.176 e. The number of benzene rings is 2. The number of hydrogen-bond donors (Lipinski definition) is 1. The second-order valence-corrected chi connectivity index (χ2v) is 7.71. The van der Waals surface area contributed by atoms with E-state index in [0.717, 1.165) is 31.7 Å². The van der Waals surface area contributed by atoms with Crippen LogP contribution >= 0.6 is 0 Å². The van der Waals surface area contributed by atoms with Crippen LogP contribution in [0.1, 0.15) is 28.8 Å². The maximum atomic E-state index is 12.4. The lowest BCUT2D eigenvalue weighted by molar-refractivity contribution is 0.0936. The third kappa shape index (κ3) is 3.75. The van der Waals surface area contributed by atoms with Crippen LogP contribution in [0.3, 0.4) is 0 Å². The highest BCUT2D eigenvalue weighted by Crippen LogP contribution is 2.39. The van der Waals surface area contributed by atoms with Gasteiger partial charge in [0.05, 0.1) is 12.6 Å². The molecule has 2 aromatic carbocycles. The van der Waals surface area contributed by atoms with E-state index in [1.165, 1.54) is 5.56 Å². The van der Waals surface area contributed by atoms with Gasteiger partial charge in [0.15, 0.2) is 5.78 Å². The number of aryl methyl sites for hydroxylation is 1. The number of phenols is 1. The second kappa shape index (κ2) is 7.12. The maximum absolute atomic E-state index is 12.4. The predicted molar refractivity (Wildman–Crippen MR) is 101 cm³/mol. The summed E-state index contributed by atoms with van der Waals surface area (Å²) in [5, 5.41) is 9.34. The molecule has 1 heterocycles. The number of likely N-dealkylation sites (tertiary alicyclic amines) is 1. The van der Waals surface area contributed by atoms with E-state index >= 15 is 0 Å². The molecule has 26 heavy (non-hydrogen) atoms. The van der Waals surface area contributed by atoms with Crippen LogP contribution in [0.2, 0.25) is 0 Å². The first-order valence-electron chi connectivity index (χ1n) is 9.35. The molecular formula is C22H25NO3. The summed E-state index contributed by atoms with van der Waals surface area (Å²) in [6.45, 7) is 4.49. The van der Waals surface area contributed by atoms with Gasteiger partial charge in [-0.3, -0.25) is 9.69 Å². The van der Waals surface area contributed by atoms with Crippen molar-refractivity contribution in [3.8, 4) is 11.5 Å². The average Bonchev–Trinajstić information content (AvgIpc) is 3.15. The van der Waals surface area contributed by atoms with Crippen molar-refractivity contribution in [2.45, 2.75) is 25.9 Å². The van der Waals surface area contributed by atoms with Gasteiger partial charge in [0.2, 0.25) is 0 Å². The molecule has 1 N–H and O–H groups in total. The Hall–Kier alpha value is -2.33. The third-order valence-corrected chi connectivity index (χ3v) is 5.66. The van der Waals surface area contributed by atoms with Gasteiger partial charge in [-0.05, 0) is 68.0 Å². The van der Waals surface area contributed by atoms with Crippen molar-refractivity contribution in [2.24, 2.45) is 11.8 Å². The van der Waals surface area contributed by atoms with Crippen molar-refractivity contribution in [2.75, 3.05) is 19.6 Å². The number of carbonyl (C=O) groups excluding carboxylic acids is 1. The number of hydrogen-bond acceptors (Lipinski definition) is 4. The molecule has 0 spiro atoms. The van der Waals surface area contributed by atoms with E-state index in [-0.39, 0.29) is 11.5 Å². The Morgan fingerprint density at radius 1 is 1.04 bits per heavy atom. The molecule has 3 atom stereocenters. The van der Waals surface area contributed by atoms with Crippen molar-refractivity contribution in [1.82, 2.24) is 4.90 Å². The van der Waals surface area contributed by atoms with Gasteiger partial charge in [-0.2, -0.15) is 0 Å². The van der Waals surface area contributed by atoms with Crippen molar-refractivity contribution < 1.29 is 14.6 Å². The Morgan fingerprint density at radius 2 is 1.65 bits per heavy atom. The third-order valence-electron chi connectivity index (χ3n) is 5.66. The maximum Gasteiger partial charge on any atom is 0.176 e. The lowest BCUT2D eigenvalue weighted by Gasteiger charge is -2.19. The summed E-state index contributed by atoms with van der Waals surface area (Å²) in [5.41, 5.74) is 1.91. The Bertz CT molecular complexity index is 755. The van der Waals surface area contributed by atoms with E-state index in [9.17, 15) is 9.90 Å². The SMILES string of the molecule is Cc1ccc(O[C@H]2C[C@@H]3CN(CC(=O)c4ccc(O)cc4)C[C@@H]3C2)cc1. The number of nitrogens with zero attached hydrogens (tertiary/aromatic N) is 1. The average molecular weight is 351 g/mol. The van der Waals surface area contributed by atoms with Crippen molar-refractivity contribution in [1.29, 1.82) is 0 Å². The minimum atomic E-state index is 0.123. The number of carbonyl (C=O) groups is 1. The van der Waals surface area contributed by atoms with Gasteiger partial charge in [0.1, 0.15) is 11.5 Å². The summed E-state index contributed by atoms with van der Waals surface area (Å²) < 4.78 is 6.15.